The Hall–Kier alpha value is -3.93. The van der Waals surface area contributed by atoms with Crippen LogP contribution in [0.2, 0.25) is 0 Å². The van der Waals surface area contributed by atoms with Gasteiger partial charge in [0, 0.05) is 23.6 Å². The van der Waals surface area contributed by atoms with Gasteiger partial charge in [0.05, 0.1) is 23.1 Å². The summed E-state index contributed by atoms with van der Waals surface area (Å²) in [6, 6.07) is 20.2. The van der Waals surface area contributed by atoms with Crippen molar-refractivity contribution in [3.8, 4) is 22.8 Å². The average Bonchev–Trinajstić information content (AvgIpc) is 3.40. The highest BCUT2D eigenvalue weighted by atomic mass is 16.7. The van der Waals surface area contributed by atoms with Gasteiger partial charge in [0.2, 0.25) is 6.79 Å². The van der Waals surface area contributed by atoms with E-state index in [1.165, 1.54) is 5.56 Å². The number of benzene rings is 2. The van der Waals surface area contributed by atoms with Gasteiger partial charge < -0.3 is 9.47 Å². The Balaban J connectivity index is 1.39. The summed E-state index contributed by atoms with van der Waals surface area (Å²) in [4.78, 5) is 8.90. The van der Waals surface area contributed by atoms with Gasteiger partial charge in [0.25, 0.3) is 0 Å². The van der Waals surface area contributed by atoms with Crippen LogP contribution in [0.25, 0.3) is 27.8 Å². The number of pyridine rings is 1. The molecule has 140 valence electrons. The maximum Gasteiger partial charge on any atom is 0.231 e. The third-order valence-corrected chi connectivity index (χ3v) is 5.15. The van der Waals surface area contributed by atoms with Crippen LogP contribution in [0.3, 0.4) is 0 Å². The predicted octanol–water partition coefficient (Wildman–Crippen LogP) is 4.26. The molecule has 0 bridgehead atoms. The first-order chi connectivity index (χ1) is 14.3. The molecule has 0 radical (unpaired) electrons. The number of aromatic nitrogens is 4. The Labute approximate surface area is 166 Å². The average molecular weight is 380 g/mol. The monoisotopic (exact) mass is 380 g/mol. The van der Waals surface area contributed by atoms with E-state index < -0.39 is 0 Å². The zero-order valence-corrected chi connectivity index (χ0v) is 15.4. The Bertz CT molecular complexity index is 1380. The van der Waals surface area contributed by atoms with E-state index in [0.29, 0.717) is 0 Å². The van der Waals surface area contributed by atoms with Crippen molar-refractivity contribution in [1.82, 2.24) is 19.6 Å². The summed E-state index contributed by atoms with van der Waals surface area (Å²) >= 11 is 0. The van der Waals surface area contributed by atoms with E-state index in [9.17, 15) is 0 Å². The minimum Gasteiger partial charge on any atom is -0.454 e. The minimum atomic E-state index is 0.262. The maximum atomic E-state index is 5.50. The third kappa shape index (κ3) is 2.77. The molecule has 1 aliphatic heterocycles. The van der Waals surface area contributed by atoms with Crippen LogP contribution in [0.1, 0.15) is 11.3 Å². The molecule has 0 aliphatic carbocycles. The van der Waals surface area contributed by atoms with E-state index in [2.05, 4.69) is 34.2 Å². The highest BCUT2D eigenvalue weighted by Gasteiger charge is 2.15. The smallest absolute Gasteiger partial charge is 0.231 e. The van der Waals surface area contributed by atoms with E-state index in [0.717, 1.165) is 51.4 Å². The number of hydrogen-bond acceptors (Lipinski definition) is 5. The Kier molecular flexibility index (Phi) is 3.49. The molecule has 5 aromatic rings. The van der Waals surface area contributed by atoms with Crippen molar-refractivity contribution < 1.29 is 9.47 Å². The van der Waals surface area contributed by atoms with Crippen LogP contribution in [0.15, 0.2) is 73.1 Å². The molecule has 29 heavy (non-hydrogen) atoms. The number of rotatable bonds is 3. The normalized spacial score (nSPS) is 12.7. The van der Waals surface area contributed by atoms with Gasteiger partial charge >= 0.3 is 0 Å². The van der Waals surface area contributed by atoms with Crippen LogP contribution in [-0.2, 0) is 6.42 Å². The molecule has 0 amide bonds. The number of nitrogens with zero attached hydrogens (tertiary/aromatic N) is 4. The SMILES string of the molecule is c1cnc2ccc(Cc3cnc4ccc(-c5ccc6c(c5)OCO6)nn34)cc2c1. The molecule has 0 saturated carbocycles. The van der Waals surface area contributed by atoms with Crippen LogP contribution in [-0.4, -0.2) is 26.4 Å². The molecule has 0 fully saturated rings. The van der Waals surface area contributed by atoms with Gasteiger partial charge in [0.1, 0.15) is 0 Å². The molecular formula is C23H16N4O2. The van der Waals surface area contributed by atoms with E-state index >= 15 is 0 Å². The Morgan fingerprint density at radius 1 is 0.897 bits per heavy atom. The summed E-state index contributed by atoms with van der Waals surface area (Å²) in [6.07, 6.45) is 4.44. The largest absolute Gasteiger partial charge is 0.454 e. The molecule has 6 rings (SSSR count). The summed E-state index contributed by atoms with van der Waals surface area (Å²) in [5, 5.41) is 5.97. The fraction of sp³-hybridized carbons (Fsp3) is 0.0870. The van der Waals surface area contributed by atoms with Gasteiger partial charge in [-0.05, 0) is 54.1 Å². The lowest BCUT2D eigenvalue weighted by atomic mass is 10.1. The lowest BCUT2D eigenvalue weighted by Crippen LogP contribution is -2.00. The predicted molar refractivity (Wildman–Crippen MR) is 109 cm³/mol. The molecule has 1 aliphatic rings. The summed E-state index contributed by atoms with van der Waals surface area (Å²) in [5.41, 5.74) is 5.89. The summed E-state index contributed by atoms with van der Waals surface area (Å²) < 4.78 is 12.8. The zero-order valence-electron chi connectivity index (χ0n) is 15.4. The Morgan fingerprint density at radius 3 is 2.86 bits per heavy atom. The number of ether oxygens (including phenoxy) is 2. The van der Waals surface area contributed by atoms with Crippen LogP contribution >= 0.6 is 0 Å². The van der Waals surface area contributed by atoms with Crippen molar-refractivity contribution in [2.24, 2.45) is 0 Å². The molecule has 0 N–H and O–H groups in total. The molecule has 6 heteroatoms. The van der Waals surface area contributed by atoms with Crippen molar-refractivity contribution in [2.75, 3.05) is 6.79 Å². The number of hydrogen-bond donors (Lipinski definition) is 0. The molecule has 2 aromatic carbocycles. The molecule has 4 heterocycles. The van der Waals surface area contributed by atoms with Crippen LogP contribution in [0.5, 0.6) is 11.5 Å². The van der Waals surface area contributed by atoms with E-state index in [4.69, 9.17) is 14.6 Å². The lowest BCUT2D eigenvalue weighted by molar-refractivity contribution is 0.174. The van der Waals surface area contributed by atoms with Crippen molar-refractivity contribution in [3.63, 3.8) is 0 Å². The summed E-state index contributed by atoms with van der Waals surface area (Å²) in [5.74, 6) is 1.52. The highest BCUT2D eigenvalue weighted by molar-refractivity contribution is 5.79. The first kappa shape index (κ1) is 16.1. The molecule has 0 spiro atoms. The molecule has 6 nitrogen and oxygen atoms in total. The Morgan fingerprint density at radius 2 is 1.86 bits per heavy atom. The highest BCUT2D eigenvalue weighted by Crippen LogP contribution is 2.35. The zero-order chi connectivity index (χ0) is 19.2. The lowest BCUT2D eigenvalue weighted by Gasteiger charge is -2.06. The fourth-order valence-electron chi connectivity index (χ4n) is 3.70. The quantitative estimate of drug-likeness (QED) is 0.468. The molecule has 0 saturated heterocycles. The van der Waals surface area contributed by atoms with Gasteiger partial charge in [-0.1, -0.05) is 12.1 Å². The van der Waals surface area contributed by atoms with Gasteiger partial charge in [0.15, 0.2) is 17.1 Å². The molecule has 3 aromatic heterocycles. The molecule has 0 unspecified atom stereocenters. The van der Waals surface area contributed by atoms with Crippen molar-refractivity contribution >= 4 is 16.6 Å². The second-order valence-corrected chi connectivity index (χ2v) is 7.01. The van der Waals surface area contributed by atoms with E-state index in [-0.39, 0.29) is 6.79 Å². The van der Waals surface area contributed by atoms with Crippen LogP contribution < -0.4 is 9.47 Å². The maximum absolute atomic E-state index is 5.50. The van der Waals surface area contributed by atoms with Crippen molar-refractivity contribution in [1.29, 1.82) is 0 Å². The van der Waals surface area contributed by atoms with Crippen LogP contribution in [0.4, 0.5) is 0 Å². The second kappa shape index (κ2) is 6.31. The van der Waals surface area contributed by atoms with Crippen molar-refractivity contribution in [2.45, 2.75) is 6.42 Å². The minimum absolute atomic E-state index is 0.262. The first-order valence-corrected chi connectivity index (χ1v) is 9.41. The van der Waals surface area contributed by atoms with Gasteiger partial charge in [-0.15, -0.1) is 0 Å². The first-order valence-electron chi connectivity index (χ1n) is 9.41. The molecule has 0 atom stereocenters. The summed E-state index contributed by atoms with van der Waals surface area (Å²) in [6.45, 7) is 0.262. The van der Waals surface area contributed by atoms with Crippen LogP contribution in [0, 0.1) is 0 Å². The standard InChI is InChI=1S/C23H16N4O2/c1-2-16-10-15(3-5-19(16)24-9-1)11-18-13-25-23-8-6-20(26-27(18)23)17-4-7-21-22(12-17)29-14-28-21/h1-10,12-13H,11,14H2. The summed E-state index contributed by atoms with van der Waals surface area (Å²) in [7, 11) is 0. The second-order valence-electron chi connectivity index (χ2n) is 7.01. The number of fused-ring (bicyclic) bond motifs is 3. The van der Waals surface area contributed by atoms with E-state index in [1.807, 2.05) is 53.3 Å². The topological polar surface area (TPSA) is 61.5 Å². The van der Waals surface area contributed by atoms with Gasteiger partial charge in [-0.2, -0.15) is 5.10 Å². The fourth-order valence-corrected chi connectivity index (χ4v) is 3.70. The number of imidazole rings is 1. The van der Waals surface area contributed by atoms with Gasteiger partial charge in [-0.25, -0.2) is 9.50 Å². The third-order valence-electron chi connectivity index (χ3n) is 5.15. The van der Waals surface area contributed by atoms with Crippen molar-refractivity contribution in [3.05, 3.63) is 84.3 Å². The van der Waals surface area contributed by atoms with Gasteiger partial charge in [-0.3, -0.25) is 4.98 Å². The molecular weight excluding hydrogens is 364 g/mol. The van der Waals surface area contributed by atoms with E-state index in [1.54, 1.807) is 0 Å².